The quantitative estimate of drug-likeness (QED) is 0.724. The Morgan fingerprint density at radius 3 is 2.68 bits per heavy atom. The van der Waals surface area contributed by atoms with Crippen molar-refractivity contribution in [1.82, 2.24) is 4.90 Å². The molecule has 3 nitrogen and oxygen atoms in total. The van der Waals surface area contributed by atoms with E-state index in [0.717, 1.165) is 32.2 Å². The monoisotopic (exact) mass is 279 g/mol. The first-order chi connectivity index (χ1) is 8.97. The van der Waals surface area contributed by atoms with Crippen molar-refractivity contribution < 1.29 is 22.7 Å². The van der Waals surface area contributed by atoms with Crippen LogP contribution >= 0.6 is 0 Å². The first kappa shape index (κ1) is 14.8. The summed E-state index contributed by atoms with van der Waals surface area (Å²) in [5.41, 5.74) is 0. The topological polar surface area (TPSA) is 29.5 Å². The molecule has 0 aromatic heterocycles. The number of ketones is 1. The van der Waals surface area contributed by atoms with E-state index in [2.05, 4.69) is 9.64 Å². The molecule has 0 aromatic rings. The zero-order valence-electron chi connectivity index (χ0n) is 10.9. The normalized spacial score (nSPS) is 29.3. The molecule has 1 heterocycles. The second-order valence-corrected chi connectivity index (χ2v) is 5.38. The van der Waals surface area contributed by atoms with Gasteiger partial charge in [0, 0.05) is 24.9 Å². The third kappa shape index (κ3) is 4.18. The lowest BCUT2D eigenvalue weighted by molar-refractivity contribution is -0.174. The lowest BCUT2D eigenvalue weighted by atomic mass is 9.95. The lowest BCUT2D eigenvalue weighted by Crippen LogP contribution is -2.39. The van der Waals surface area contributed by atoms with Gasteiger partial charge in [-0.25, -0.2) is 0 Å². The van der Waals surface area contributed by atoms with Gasteiger partial charge in [-0.2, -0.15) is 13.2 Å². The van der Waals surface area contributed by atoms with E-state index >= 15 is 0 Å². The average Bonchev–Trinajstić information content (AvgIpc) is 2.91. The molecule has 1 aliphatic heterocycles. The molecule has 1 aliphatic carbocycles. The number of nitrogens with zero attached hydrogens (tertiary/aromatic N) is 1. The fraction of sp³-hybridized carbons (Fsp3) is 0.923. The first-order valence-electron chi connectivity index (χ1n) is 6.88. The van der Waals surface area contributed by atoms with Crippen LogP contribution in [0.5, 0.6) is 0 Å². The van der Waals surface area contributed by atoms with Crippen molar-refractivity contribution in [1.29, 1.82) is 0 Å². The van der Waals surface area contributed by atoms with Crippen molar-refractivity contribution in [2.45, 2.75) is 44.3 Å². The van der Waals surface area contributed by atoms with Crippen LogP contribution in [-0.4, -0.2) is 49.2 Å². The third-order valence-electron chi connectivity index (χ3n) is 4.02. The number of likely N-dealkylation sites (tertiary alicyclic amines) is 1. The lowest BCUT2D eigenvalue weighted by Gasteiger charge is -2.28. The molecule has 0 N–H and O–H groups in total. The first-order valence-corrected chi connectivity index (χ1v) is 6.88. The molecule has 6 heteroatoms. The molecular formula is C13H20F3NO2. The summed E-state index contributed by atoms with van der Waals surface area (Å²) >= 11 is 0. The molecule has 1 saturated carbocycles. The molecule has 2 fully saturated rings. The molecule has 2 unspecified atom stereocenters. The summed E-state index contributed by atoms with van der Waals surface area (Å²) in [5, 5.41) is 0. The van der Waals surface area contributed by atoms with Gasteiger partial charge in [0.2, 0.25) is 0 Å². The van der Waals surface area contributed by atoms with E-state index in [1.54, 1.807) is 0 Å². The number of hydrogen-bond acceptors (Lipinski definition) is 3. The summed E-state index contributed by atoms with van der Waals surface area (Å²) in [6.07, 6.45) is 0.302. The van der Waals surface area contributed by atoms with Crippen LogP contribution in [0.25, 0.3) is 0 Å². The smallest absolute Gasteiger partial charge is 0.371 e. The molecule has 1 saturated heterocycles. The average molecular weight is 279 g/mol. The van der Waals surface area contributed by atoms with E-state index in [1.165, 1.54) is 0 Å². The molecule has 0 bridgehead atoms. The molecule has 0 amide bonds. The summed E-state index contributed by atoms with van der Waals surface area (Å²) in [5.74, 6) is 0.429. The van der Waals surface area contributed by atoms with Gasteiger partial charge in [-0.05, 0) is 32.2 Å². The third-order valence-corrected chi connectivity index (χ3v) is 4.02. The van der Waals surface area contributed by atoms with Gasteiger partial charge in [0.15, 0.2) is 0 Å². The molecule has 2 rings (SSSR count). The number of carbonyl (C=O) groups is 1. The van der Waals surface area contributed by atoms with Crippen LogP contribution in [0.1, 0.15) is 32.1 Å². The van der Waals surface area contributed by atoms with Crippen molar-refractivity contribution >= 4 is 5.78 Å². The van der Waals surface area contributed by atoms with Crippen molar-refractivity contribution in [3.8, 4) is 0 Å². The van der Waals surface area contributed by atoms with Crippen molar-refractivity contribution in [3.63, 3.8) is 0 Å². The van der Waals surface area contributed by atoms with E-state index in [0.29, 0.717) is 18.7 Å². The number of Topliss-reactive ketones (excluding diaryl/α,β-unsaturated/α-hetero) is 1. The van der Waals surface area contributed by atoms with Crippen LogP contribution in [0, 0.1) is 5.92 Å². The zero-order valence-corrected chi connectivity index (χ0v) is 10.9. The Kier molecular flexibility index (Phi) is 4.84. The van der Waals surface area contributed by atoms with Crippen LogP contribution in [-0.2, 0) is 9.53 Å². The number of alkyl halides is 3. The van der Waals surface area contributed by atoms with Gasteiger partial charge in [-0.15, -0.1) is 0 Å². The molecule has 2 aliphatic rings. The van der Waals surface area contributed by atoms with Crippen LogP contribution in [0.15, 0.2) is 0 Å². The van der Waals surface area contributed by atoms with Gasteiger partial charge in [0.1, 0.15) is 12.4 Å². The summed E-state index contributed by atoms with van der Waals surface area (Å²) in [7, 11) is 0. The standard InChI is InChI=1S/C13H20F3NO2/c14-13(15,16)9-19-8-7-17-6-2-4-11(17)10-3-1-5-12(10)18/h10-11H,1-9H2. The Morgan fingerprint density at radius 2 is 2.05 bits per heavy atom. The minimum atomic E-state index is -4.26. The summed E-state index contributed by atoms with van der Waals surface area (Å²) in [4.78, 5) is 13.9. The van der Waals surface area contributed by atoms with Gasteiger partial charge in [0.25, 0.3) is 0 Å². The Bertz CT molecular complexity index is 320. The van der Waals surface area contributed by atoms with E-state index in [-0.39, 0.29) is 18.6 Å². The number of halogens is 3. The second kappa shape index (κ2) is 6.22. The zero-order chi connectivity index (χ0) is 13.9. The molecule has 0 aromatic carbocycles. The highest BCUT2D eigenvalue weighted by atomic mass is 19.4. The van der Waals surface area contributed by atoms with Crippen molar-refractivity contribution in [2.24, 2.45) is 5.92 Å². The van der Waals surface area contributed by atoms with Crippen LogP contribution < -0.4 is 0 Å². The number of carbonyl (C=O) groups excluding carboxylic acids is 1. The predicted octanol–water partition coefficient (Wildman–Crippen LogP) is 2.40. The van der Waals surface area contributed by atoms with Gasteiger partial charge < -0.3 is 4.74 Å². The highest BCUT2D eigenvalue weighted by Crippen LogP contribution is 2.33. The Labute approximate surface area is 111 Å². The molecule has 0 spiro atoms. The van der Waals surface area contributed by atoms with Crippen molar-refractivity contribution in [2.75, 3.05) is 26.3 Å². The van der Waals surface area contributed by atoms with Crippen LogP contribution in [0.3, 0.4) is 0 Å². The maximum absolute atomic E-state index is 11.9. The number of ether oxygens (including phenoxy) is 1. The van der Waals surface area contributed by atoms with E-state index < -0.39 is 12.8 Å². The predicted molar refractivity (Wildman–Crippen MR) is 63.8 cm³/mol. The Hall–Kier alpha value is -0.620. The number of hydrogen-bond donors (Lipinski definition) is 0. The highest BCUT2D eigenvalue weighted by molar-refractivity contribution is 5.83. The molecule has 2 atom stereocenters. The Balaban J connectivity index is 1.75. The summed E-state index contributed by atoms with van der Waals surface area (Å²) in [6.45, 7) is 0.249. The van der Waals surface area contributed by atoms with E-state index in [1.807, 2.05) is 0 Å². The summed E-state index contributed by atoms with van der Waals surface area (Å²) < 4.78 is 40.5. The molecule has 19 heavy (non-hydrogen) atoms. The minimum Gasteiger partial charge on any atom is -0.371 e. The van der Waals surface area contributed by atoms with Gasteiger partial charge in [0.05, 0.1) is 6.61 Å². The van der Waals surface area contributed by atoms with Gasteiger partial charge in [-0.1, -0.05) is 0 Å². The van der Waals surface area contributed by atoms with Crippen molar-refractivity contribution in [3.05, 3.63) is 0 Å². The summed E-state index contributed by atoms with van der Waals surface area (Å²) in [6, 6.07) is 0.226. The van der Waals surface area contributed by atoms with Gasteiger partial charge in [-0.3, -0.25) is 9.69 Å². The van der Waals surface area contributed by atoms with Gasteiger partial charge >= 0.3 is 6.18 Å². The SMILES string of the molecule is O=C1CCCC1C1CCCN1CCOCC(F)(F)F. The minimum absolute atomic E-state index is 0.0803. The maximum Gasteiger partial charge on any atom is 0.411 e. The van der Waals surface area contributed by atoms with Crippen LogP contribution in [0.2, 0.25) is 0 Å². The molecule has 110 valence electrons. The van der Waals surface area contributed by atoms with E-state index in [9.17, 15) is 18.0 Å². The number of rotatable bonds is 5. The highest BCUT2D eigenvalue weighted by Gasteiger charge is 2.37. The maximum atomic E-state index is 11.9. The second-order valence-electron chi connectivity index (χ2n) is 5.38. The fourth-order valence-electron chi connectivity index (χ4n) is 3.20. The van der Waals surface area contributed by atoms with E-state index in [4.69, 9.17) is 0 Å². The van der Waals surface area contributed by atoms with Crippen LogP contribution in [0.4, 0.5) is 13.2 Å². The molecule has 0 radical (unpaired) electrons. The fourth-order valence-corrected chi connectivity index (χ4v) is 3.20. The molecular weight excluding hydrogens is 259 g/mol. The Morgan fingerprint density at radius 1 is 1.26 bits per heavy atom. The largest absolute Gasteiger partial charge is 0.411 e.